The van der Waals surface area contributed by atoms with Gasteiger partial charge in [0.05, 0.1) is 11.7 Å². The Kier molecular flexibility index (Phi) is 5.66. The van der Waals surface area contributed by atoms with E-state index in [1.54, 1.807) is 30.8 Å². The van der Waals surface area contributed by atoms with E-state index >= 15 is 0 Å². The number of hydrogen-bond acceptors (Lipinski definition) is 4. The average Bonchev–Trinajstić information content (AvgIpc) is 2.96. The zero-order chi connectivity index (χ0) is 17.7. The molecular formula is C14H15Cl2N7O. The second-order valence-corrected chi connectivity index (χ2v) is 6.43. The largest absolute Gasteiger partial charge is 0.341 e. The Bertz CT molecular complexity index is 776. The Labute approximate surface area is 148 Å². The van der Waals surface area contributed by atoms with Gasteiger partial charge >= 0.3 is 0 Å². The van der Waals surface area contributed by atoms with Gasteiger partial charge in [0.15, 0.2) is 0 Å². The number of carbonyl (C=O) groups is 1. The molecule has 1 amide bonds. The maximum Gasteiger partial charge on any atom is 0.252 e. The van der Waals surface area contributed by atoms with Crippen molar-refractivity contribution in [3.8, 4) is 0 Å². The van der Waals surface area contributed by atoms with Crippen LogP contribution in [0.2, 0.25) is 10.0 Å². The number of hydrogen-bond donors (Lipinski definition) is 1. The van der Waals surface area contributed by atoms with E-state index in [-0.39, 0.29) is 12.5 Å². The highest BCUT2D eigenvalue weighted by molar-refractivity contribution is 6.35. The molecule has 1 aromatic carbocycles. The molecule has 1 N–H and O–H groups in total. The lowest BCUT2D eigenvalue weighted by atomic mass is 10.0. The van der Waals surface area contributed by atoms with Crippen LogP contribution in [-0.4, -0.2) is 27.4 Å². The van der Waals surface area contributed by atoms with Crippen LogP contribution in [-0.2, 0) is 12.1 Å². The molecule has 0 spiro atoms. The molecule has 0 aliphatic carbocycles. The van der Waals surface area contributed by atoms with E-state index in [2.05, 4.69) is 25.7 Å². The van der Waals surface area contributed by atoms with Crippen molar-refractivity contribution in [2.24, 2.45) is 5.11 Å². The molecule has 0 aliphatic heterocycles. The van der Waals surface area contributed by atoms with Gasteiger partial charge in [-0.3, -0.25) is 9.48 Å². The molecule has 1 aromatic heterocycles. The third kappa shape index (κ3) is 4.61. The standard InChI is InChI=1S/C14H15Cl2N7O/c1-14(2,12-8-23(22-20-12)4-3-18-21-17)19-13(24)9-5-10(15)7-11(16)6-9/h5-8H,3-4H2,1-2H3,(H,19,24). The minimum atomic E-state index is -0.761. The molecule has 0 aliphatic rings. The Balaban J connectivity index is 2.12. The fraction of sp³-hybridized carbons (Fsp3) is 0.357. The van der Waals surface area contributed by atoms with E-state index in [0.717, 1.165) is 0 Å². The number of rotatable bonds is 6. The number of nitrogens with zero attached hydrogens (tertiary/aromatic N) is 6. The molecule has 0 fully saturated rings. The Morgan fingerprint density at radius 2 is 2.04 bits per heavy atom. The summed E-state index contributed by atoms with van der Waals surface area (Å²) in [5.41, 5.74) is 8.44. The first-order valence-electron chi connectivity index (χ1n) is 7.02. The highest BCUT2D eigenvalue weighted by Gasteiger charge is 2.27. The summed E-state index contributed by atoms with van der Waals surface area (Å²) in [4.78, 5) is 15.1. The molecule has 0 saturated heterocycles. The second kappa shape index (κ2) is 7.53. The zero-order valence-electron chi connectivity index (χ0n) is 13.1. The van der Waals surface area contributed by atoms with Gasteiger partial charge in [0, 0.05) is 33.6 Å². The van der Waals surface area contributed by atoms with E-state index in [4.69, 9.17) is 28.7 Å². The maximum absolute atomic E-state index is 12.4. The molecule has 0 bridgehead atoms. The predicted octanol–water partition coefficient (Wildman–Crippen LogP) is 3.56. The number of nitrogens with one attached hydrogen (secondary N) is 1. The first-order chi connectivity index (χ1) is 11.3. The number of azide groups is 1. The lowest BCUT2D eigenvalue weighted by Gasteiger charge is -2.23. The number of benzene rings is 1. The summed E-state index contributed by atoms with van der Waals surface area (Å²) in [5, 5.41) is 15.1. The number of aromatic nitrogens is 3. The van der Waals surface area contributed by atoms with E-state index in [0.29, 0.717) is 27.8 Å². The summed E-state index contributed by atoms with van der Waals surface area (Å²) in [6.45, 7) is 4.29. The Morgan fingerprint density at radius 3 is 2.67 bits per heavy atom. The minimum absolute atomic E-state index is 0.271. The molecule has 0 atom stereocenters. The first kappa shape index (κ1) is 18.1. The van der Waals surface area contributed by atoms with Crippen LogP contribution in [0.25, 0.3) is 10.4 Å². The summed E-state index contributed by atoms with van der Waals surface area (Å²) in [6.07, 6.45) is 1.69. The molecule has 0 saturated carbocycles. The van der Waals surface area contributed by atoms with E-state index in [1.165, 1.54) is 12.1 Å². The van der Waals surface area contributed by atoms with Crippen molar-refractivity contribution in [2.75, 3.05) is 6.54 Å². The van der Waals surface area contributed by atoms with Crippen LogP contribution in [0.4, 0.5) is 0 Å². The van der Waals surface area contributed by atoms with Crippen LogP contribution in [0.1, 0.15) is 29.9 Å². The summed E-state index contributed by atoms with van der Waals surface area (Å²) >= 11 is 11.8. The highest BCUT2D eigenvalue weighted by atomic mass is 35.5. The monoisotopic (exact) mass is 367 g/mol. The van der Waals surface area contributed by atoms with Crippen molar-refractivity contribution >= 4 is 29.1 Å². The number of amides is 1. The van der Waals surface area contributed by atoms with Gasteiger partial charge in [-0.1, -0.05) is 33.5 Å². The zero-order valence-corrected chi connectivity index (χ0v) is 14.6. The summed E-state index contributed by atoms with van der Waals surface area (Å²) in [7, 11) is 0. The minimum Gasteiger partial charge on any atom is -0.341 e. The van der Waals surface area contributed by atoms with Gasteiger partial charge in [0.25, 0.3) is 5.91 Å². The number of carbonyl (C=O) groups excluding carboxylic acids is 1. The lowest BCUT2D eigenvalue weighted by molar-refractivity contribution is 0.0910. The van der Waals surface area contributed by atoms with Gasteiger partial charge in [-0.15, -0.1) is 5.10 Å². The maximum atomic E-state index is 12.4. The van der Waals surface area contributed by atoms with Crippen molar-refractivity contribution in [3.05, 3.63) is 56.1 Å². The molecule has 0 unspecified atom stereocenters. The van der Waals surface area contributed by atoms with Gasteiger partial charge in [-0.05, 0) is 37.6 Å². The summed E-state index contributed by atoms with van der Waals surface area (Å²) < 4.78 is 1.55. The lowest BCUT2D eigenvalue weighted by Crippen LogP contribution is -2.41. The normalized spacial score (nSPS) is 11.0. The van der Waals surface area contributed by atoms with Gasteiger partial charge < -0.3 is 5.32 Å². The van der Waals surface area contributed by atoms with Crippen LogP contribution in [0.3, 0.4) is 0 Å². The van der Waals surface area contributed by atoms with Crippen LogP contribution < -0.4 is 5.32 Å². The molecule has 24 heavy (non-hydrogen) atoms. The van der Waals surface area contributed by atoms with Crippen molar-refractivity contribution in [2.45, 2.75) is 25.9 Å². The predicted molar refractivity (Wildman–Crippen MR) is 91.0 cm³/mol. The average molecular weight is 368 g/mol. The van der Waals surface area contributed by atoms with Crippen molar-refractivity contribution in [3.63, 3.8) is 0 Å². The number of halogens is 2. The van der Waals surface area contributed by atoms with Crippen molar-refractivity contribution < 1.29 is 4.79 Å². The third-order valence-corrected chi connectivity index (χ3v) is 3.66. The Hall–Kier alpha value is -2.28. The smallest absolute Gasteiger partial charge is 0.252 e. The first-order valence-corrected chi connectivity index (χ1v) is 7.77. The molecule has 2 aromatic rings. The summed E-state index contributed by atoms with van der Waals surface area (Å²) in [5.74, 6) is -0.326. The summed E-state index contributed by atoms with van der Waals surface area (Å²) in [6, 6.07) is 4.63. The van der Waals surface area contributed by atoms with Crippen molar-refractivity contribution in [1.82, 2.24) is 20.3 Å². The van der Waals surface area contributed by atoms with Gasteiger partial charge in [-0.2, -0.15) is 0 Å². The molecule has 0 radical (unpaired) electrons. The molecule has 2 rings (SSSR count). The molecule has 1 heterocycles. The van der Waals surface area contributed by atoms with Crippen LogP contribution in [0, 0.1) is 0 Å². The van der Waals surface area contributed by atoms with Gasteiger partial charge in [0.2, 0.25) is 0 Å². The fourth-order valence-corrected chi connectivity index (χ4v) is 2.52. The highest BCUT2D eigenvalue weighted by Crippen LogP contribution is 2.22. The molecule has 126 valence electrons. The second-order valence-electron chi connectivity index (χ2n) is 5.56. The third-order valence-electron chi connectivity index (χ3n) is 3.22. The van der Waals surface area contributed by atoms with E-state index < -0.39 is 5.54 Å². The Morgan fingerprint density at radius 1 is 1.38 bits per heavy atom. The van der Waals surface area contributed by atoms with E-state index in [9.17, 15) is 4.79 Å². The van der Waals surface area contributed by atoms with Crippen LogP contribution in [0.5, 0.6) is 0 Å². The fourth-order valence-electron chi connectivity index (χ4n) is 1.99. The quantitative estimate of drug-likeness (QED) is 0.478. The topological polar surface area (TPSA) is 109 Å². The SMILES string of the molecule is CC(C)(NC(=O)c1cc(Cl)cc(Cl)c1)c1cn(CCN=[N+]=[N-])nn1. The van der Waals surface area contributed by atoms with Gasteiger partial charge in [0.1, 0.15) is 5.69 Å². The van der Waals surface area contributed by atoms with Crippen LogP contribution in [0.15, 0.2) is 29.5 Å². The van der Waals surface area contributed by atoms with Crippen LogP contribution >= 0.6 is 23.2 Å². The van der Waals surface area contributed by atoms with Gasteiger partial charge in [-0.25, -0.2) is 0 Å². The molecule has 8 nitrogen and oxygen atoms in total. The van der Waals surface area contributed by atoms with Crippen molar-refractivity contribution in [1.29, 1.82) is 0 Å². The molecule has 10 heteroatoms. The van der Waals surface area contributed by atoms with E-state index in [1.807, 2.05) is 0 Å². The molecular weight excluding hydrogens is 353 g/mol.